The number of hydrogen-bond donors (Lipinski definition) is 0. The maximum absolute atomic E-state index is 9.68. The number of anilines is 1. The number of hydrogen-bond acceptors (Lipinski definition) is 9. The molecule has 2 aromatic rings. The molecular weight excluding hydrogens is 448 g/mol. The zero-order chi connectivity index (χ0) is 22.8. The highest BCUT2D eigenvalue weighted by Gasteiger charge is 2.34. The van der Waals surface area contributed by atoms with Crippen molar-refractivity contribution in [3.8, 4) is 17.6 Å². The highest BCUT2D eigenvalue weighted by molar-refractivity contribution is 6.19. The molecule has 1 aromatic carbocycles. The van der Waals surface area contributed by atoms with Crippen LogP contribution in [0.4, 0.5) is 5.69 Å². The van der Waals surface area contributed by atoms with Crippen molar-refractivity contribution >= 4 is 28.2 Å². The molecule has 3 aliphatic heterocycles. The second-order valence-electron chi connectivity index (χ2n) is 8.68. The lowest BCUT2D eigenvalue weighted by Gasteiger charge is -2.35. The standard InChI is InChI=1S/C23H27ClN4O5/c1-27-6-2-15(3-7-27)14-30-18-10-19-21(20(11-18)31-17-4-8-29-9-5-17)22(16(12-25)13-26-19)28-32-23(24)33-28/h10-11,13,15,17,23H,2-9,14H2,1H3. The lowest BCUT2D eigenvalue weighted by molar-refractivity contribution is -0.305. The van der Waals surface area contributed by atoms with Crippen molar-refractivity contribution in [2.75, 3.05) is 45.2 Å². The van der Waals surface area contributed by atoms with Gasteiger partial charge in [0.1, 0.15) is 29.4 Å². The third-order valence-corrected chi connectivity index (χ3v) is 6.48. The quantitative estimate of drug-likeness (QED) is 0.582. The maximum atomic E-state index is 9.68. The van der Waals surface area contributed by atoms with Crippen LogP contribution in [0.3, 0.4) is 0 Å². The molecule has 0 aliphatic carbocycles. The number of nitriles is 1. The molecule has 33 heavy (non-hydrogen) atoms. The van der Waals surface area contributed by atoms with Gasteiger partial charge in [0.25, 0.3) is 5.75 Å². The minimum Gasteiger partial charge on any atom is -0.493 e. The fraction of sp³-hybridized carbons (Fsp3) is 0.565. The van der Waals surface area contributed by atoms with Crippen LogP contribution in [0.15, 0.2) is 18.3 Å². The number of nitrogens with zero attached hydrogens (tertiary/aromatic N) is 4. The first-order valence-electron chi connectivity index (χ1n) is 11.3. The molecule has 3 saturated heterocycles. The van der Waals surface area contributed by atoms with Crippen LogP contribution in [0.5, 0.6) is 11.5 Å². The number of fused-ring (bicyclic) bond motifs is 1. The van der Waals surface area contributed by atoms with Gasteiger partial charge in [0.15, 0.2) is 0 Å². The summed E-state index contributed by atoms with van der Waals surface area (Å²) in [5.74, 6) is 0.872. The molecule has 0 saturated carbocycles. The molecule has 3 fully saturated rings. The van der Waals surface area contributed by atoms with Crippen LogP contribution in [0.1, 0.15) is 31.2 Å². The Kier molecular flexibility index (Phi) is 6.71. The average Bonchev–Trinajstić information content (AvgIpc) is 2.82. The summed E-state index contributed by atoms with van der Waals surface area (Å²) in [6, 6.07) is 5.89. The van der Waals surface area contributed by atoms with Gasteiger partial charge in [-0.25, -0.2) is 0 Å². The molecule has 0 radical (unpaired) electrons. The zero-order valence-corrected chi connectivity index (χ0v) is 19.3. The van der Waals surface area contributed by atoms with E-state index in [0.717, 1.165) is 44.0 Å². The Bertz CT molecular complexity index is 1030. The van der Waals surface area contributed by atoms with Crippen molar-refractivity contribution in [1.82, 2.24) is 9.88 Å². The molecule has 0 N–H and O–H groups in total. The van der Waals surface area contributed by atoms with Crippen molar-refractivity contribution < 1.29 is 23.9 Å². The van der Waals surface area contributed by atoms with E-state index in [1.165, 1.54) is 6.20 Å². The topological polar surface area (TPSA) is 89.3 Å². The molecule has 176 valence electrons. The largest absolute Gasteiger partial charge is 0.493 e. The molecule has 10 heteroatoms. The summed E-state index contributed by atoms with van der Waals surface area (Å²) in [7, 11) is 2.15. The van der Waals surface area contributed by atoms with E-state index >= 15 is 0 Å². The van der Waals surface area contributed by atoms with Gasteiger partial charge in [-0.05, 0) is 38.9 Å². The molecule has 0 unspecified atom stereocenters. The summed E-state index contributed by atoms with van der Waals surface area (Å²) in [6.07, 6.45) is 5.28. The Labute approximate surface area is 197 Å². The fourth-order valence-corrected chi connectivity index (χ4v) is 4.52. The number of likely N-dealkylation sites (tertiary alicyclic amines) is 1. The lowest BCUT2D eigenvalue weighted by Crippen LogP contribution is -2.43. The second-order valence-corrected chi connectivity index (χ2v) is 9.03. The first kappa shape index (κ1) is 22.4. The third kappa shape index (κ3) is 4.95. The molecule has 3 aliphatic rings. The zero-order valence-electron chi connectivity index (χ0n) is 18.5. The predicted octanol–water partition coefficient (Wildman–Crippen LogP) is 3.59. The molecule has 5 rings (SSSR count). The highest BCUT2D eigenvalue weighted by Crippen LogP contribution is 2.42. The molecule has 1 aromatic heterocycles. The Hall–Kier alpha value is -2.35. The van der Waals surface area contributed by atoms with Crippen LogP contribution >= 0.6 is 11.6 Å². The number of aromatic nitrogens is 1. The Morgan fingerprint density at radius 1 is 1.18 bits per heavy atom. The smallest absolute Gasteiger partial charge is 0.288 e. The highest BCUT2D eigenvalue weighted by atomic mass is 35.5. The van der Waals surface area contributed by atoms with Gasteiger partial charge in [-0.2, -0.15) is 14.9 Å². The van der Waals surface area contributed by atoms with E-state index in [2.05, 4.69) is 23.0 Å². The fourth-order valence-electron chi connectivity index (χ4n) is 4.37. The van der Waals surface area contributed by atoms with Gasteiger partial charge >= 0.3 is 0 Å². The number of pyridine rings is 1. The lowest BCUT2D eigenvalue weighted by atomic mass is 9.98. The van der Waals surface area contributed by atoms with Crippen LogP contribution in [-0.4, -0.2) is 61.7 Å². The van der Waals surface area contributed by atoms with Crippen molar-refractivity contribution in [3.05, 3.63) is 23.9 Å². The van der Waals surface area contributed by atoms with Crippen LogP contribution in [0, 0.1) is 17.2 Å². The molecule has 0 atom stereocenters. The van der Waals surface area contributed by atoms with Crippen LogP contribution < -0.4 is 14.7 Å². The summed E-state index contributed by atoms with van der Waals surface area (Å²) in [5, 5.41) is 11.5. The van der Waals surface area contributed by atoms with Crippen molar-refractivity contribution in [1.29, 1.82) is 5.26 Å². The van der Waals surface area contributed by atoms with Crippen molar-refractivity contribution in [2.45, 2.75) is 37.5 Å². The number of alkyl halides is 1. The minimum absolute atomic E-state index is 0.0105. The first-order valence-corrected chi connectivity index (χ1v) is 11.7. The number of piperidine rings is 1. The van der Waals surface area contributed by atoms with E-state index in [-0.39, 0.29) is 6.10 Å². The predicted molar refractivity (Wildman–Crippen MR) is 121 cm³/mol. The number of halogens is 1. The van der Waals surface area contributed by atoms with Gasteiger partial charge in [0.2, 0.25) is 0 Å². The van der Waals surface area contributed by atoms with Crippen LogP contribution in [0.2, 0.25) is 0 Å². The summed E-state index contributed by atoms with van der Waals surface area (Å²) >= 11 is 5.83. The van der Waals surface area contributed by atoms with Crippen LogP contribution in [0.25, 0.3) is 10.9 Å². The minimum atomic E-state index is -0.906. The third-order valence-electron chi connectivity index (χ3n) is 6.33. The Morgan fingerprint density at radius 2 is 1.94 bits per heavy atom. The SMILES string of the molecule is CN1CCC(COc2cc(OC3CCOCC3)c3c(N4OC(Cl)O4)c(C#N)cnc3c2)CC1. The average molecular weight is 475 g/mol. The second kappa shape index (κ2) is 9.87. The molecule has 9 nitrogen and oxygen atoms in total. The maximum Gasteiger partial charge on any atom is 0.288 e. The van der Waals surface area contributed by atoms with Gasteiger partial charge in [-0.3, -0.25) is 4.98 Å². The van der Waals surface area contributed by atoms with E-state index in [0.29, 0.717) is 59.4 Å². The number of ether oxygens (including phenoxy) is 3. The summed E-state index contributed by atoms with van der Waals surface area (Å²) in [4.78, 5) is 17.6. The van der Waals surface area contributed by atoms with E-state index in [4.69, 9.17) is 35.5 Å². The molecule has 0 amide bonds. The molecule has 0 bridgehead atoms. The van der Waals surface area contributed by atoms with E-state index in [1.807, 2.05) is 12.1 Å². The Morgan fingerprint density at radius 3 is 2.64 bits per heavy atom. The van der Waals surface area contributed by atoms with Crippen LogP contribution in [-0.2, 0) is 14.4 Å². The van der Waals surface area contributed by atoms with E-state index < -0.39 is 5.75 Å². The molecule has 0 spiro atoms. The summed E-state index contributed by atoms with van der Waals surface area (Å²) in [5.41, 5.74) is 1.34. The van der Waals surface area contributed by atoms with Crippen molar-refractivity contribution in [2.24, 2.45) is 5.92 Å². The van der Waals surface area contributed by atoms with Crippen molar-refractivity contribution in [3.63, 3.8) is 0 Å². The van der Waals surface area contributed by atoms with Gasteiger partial charge < -0.3 is 19.1 Å². The summed E-state index contributed by atoms with van der Waals surface area (Å²) in [6.45, 7) is 4.11. The van der Waals surface area contributed by atoms with Gasteiger partial charge in [-0.1, -0.05) is 11.6 Å². The first-order chi connectivity index (χ1) is 16.1. The normalized spacial score (nSPS) is 21.1. The molecular formula is C23H27ClN4O5. The van der Waals surface area contributed by atoms with Gasteiger partial charge in [-0.15, -0.1) is 5.23 Å². The monoisotopic (exact) mass is 474 g/mol. The molecule has 4 heterocycles. The summed E-state index contributed by atoms with van der Waals surface area (Å²) < 4.78 is 18.1. The van der Waals surface area contributed by atoms with E-state index in [9.17, 15) is 5.26 Å². The number of benzene rings is 1. The van der Waals surface area contributed by atoms with E-state index in [1.54, 1.807) is 0 Å². The Balaban J connectivity index is 1.48. The number of rotatable bonds is 6. The van der Waals surface area contributed by atoms with Gasteiger partial charge in [0, 0.05) is 31.2 Å². The van der Waals surface area contributed by atoms with Gasteiger partial charge in [0.05, 0.1) is 36.3 Å².